The molecular weight excluding hydrogens is 314 g/mol. The number of hydrogen-bond donors (Lipinski definition) is 1. The highest BCUT2D eigenvalue weighted by Gasteiger charge is 2.52. The molecule has 0 aromatic heterocycles. The maximum atomic E-state index is 12.9. The first-order chi connectivity index (χ1) is 11.8. The highest BCUT2D eigenvalue weighted by molar-refractivity contribution is 5.87. The summed E-state index contributed by atoms with van der Waals surface area (Å²) < 4.78 is 5.59. The van der Waals surface area contributed by atoms with Gasteiger partial charge in [0.05, 0.1) is 17.9 Å². The van der Waals surface area contributed by atoms with Crippen LogP contribution in [0.15, 0.2) is 42.5 Å². The Bertz CT molecular complexity index is 674. The zero-order valence-corrected chi connectivity index (χ0v) is 15.4. The van der Waals surface area contributed by atoms with Gasteiger partial charge in [-0.25, -0.2) is 0 Å². The quantitative estimate of drug-likeness (QED) is 0.672. The topological polar surface area (TPSA) is 55.4 Å². The molecule has 0 heterocycles. The fraction of sp³-hybridized carbons (Fsp3) is 0.524. The van der Waals surface area contributed by atoms with Crippen LogP contribution in [0.2, 0.25) is 0 Å². The Morgan fingerprint density at radius 3 is 2.28 bits per heavy atom. The molecule has 0 spiro atoms. The Morgan fingerprint density at radius 1 is 1.08 bits per heavy atom. The highest BCUT2D eigenvalue weighted by Crippen LogP contribution is 2.49. The predicted molar refractivity (Wildman–Crippen MR) is 96.6 cm³/mol. The van der Waals surface area contributed by atoms with Crippen molar-refractivity contribution in [1.82, 2.24) is 5.32 Å². The maximum Gasteiger partial charge on any atom is 0.310 e. The van der Waals surface area contributed by atoms with Gasteiger partial charge in [0, 0.05) is 0 Å². The number of fused-ring (bicyclic) bond motifs is 2. The fourth-order valence-electron chi connectivity index (χ4n) is 4.01. The smallest absolute Gasteiger partial charge is 0.310 e. The van der Waals surface area contributed by atoms with Gasteiger partial charge in [0.25, 0.3) is 0 Å². The number of nitrogens with one attached hydrogen (secondary N) is 1. The molecule has 0 radical (unpaired) electrons. The van der Waals surface area contributed by atoms with Gasteiger partial charge in [0.2, 0.25) is 5.91 Å². The average molecular weight is 341 g/mol. The highest BCUT2D eigenvalue weighted by atomic mass is 16.6. The molecule has 1 saturated carbocycles. The second-order valence-corrected chi connectivity index (χ2v) is 8.17. The van der Waals surface area contributed by atoms with E-state index in [-0.39, 0.29) is 41.6 Å². The SMILES string of the molecule is C[C@H](NC(=O)[C@@H]1[C@@H](C(=O)OC(C)(C)C)[C@@H]2C=C[C@H]1C2)c1ccccc1. The van der Waals surface area contributed by atoms with Crippen molar-refractivity contribution in [1.29, 1.82) is 0 Å². The molecule has 1 amide bonds. The van der Waals surface area contributed by atoms with Crippen molar-refractivity contribution in [3.8, 4) is 0 Å². The lowest BCUT2D eigenvalue weighted by Gasteiger charge is -2.30. The van der Waals surface area contributed by atoms with Crippen molar-refractivity contribution in [2.24, 2.45) is 23.7 Å². The van der Waals surface area contributed by atoms with Crippen LogP contribution in [0.5, 0.6) is 0 Å². The first-order valence-corrected chi connectivity index (χ1v) is 9.03. The van der Waals surface area contributed by atoms with Crippen molar-refractivity contribution in [2.75, 3.05) is 0 Å². The third-order valence-corrected chi connectivity index (χ3v) is 5.10. The average Bonchev–Trinajstić information content (AvgIpc) is 3.15. The van der Waals surface area contributed by atoms with Crippen molar-refractivity contribution in [3.63, 3.8) is 0 Å². The molecule has 25 heavy (non-hydrogen) atoms. The summed E-state index contributed by atoms with van der Waals surface area (Å²) in [4.78, 5) is 25.6. The van der Waals surface area contributed by atoms with Crippen LogP contribution in [0.25, 0.3) is 0 Å². The van der Waals surface area contributed by atoms with Gasteiger partial charge in [0.15, 0.2) is 0 Å². The predicted octanol–water partition coefficient (Wildman–Crippen LogP) is 3.64. The van der Waals surface area contributed by atoms with Crippen LogP contribution in [0, 0.1) is 23.7 Å². The van der Waals surface area contributed by atoms with E-state index in [1.807, 2.05) is 58.0 Å². The molecule has 2 aliphatic rings. The molecular formula is C21H27NO3. The van der Waals surface area contributed by atoms with Crippen LogP contribution in [0.3, 0.4) is 0 Å². The lowest BCUT2D eigenvalue weighted by atomic mass is 9.82. The van der Waals surface area contributed by atoms with E-state index in [4.69, 9.17) is 4.74 Å². The van der Waals surface area contributed by atoms with Crippen LogP contribution in [-0.4, -0.2) is 17.5 Å². The Labute approximate surface area is 149 Å². The van der Waals surface area contributed by atoms with E-state index >= 15 is 0 Å². The summed E-state index contributed by atoms with van der Waals surface area (Å²) in [7, 11) is 0. The van der Waals surface area contributed by atoms with Crippen LogP contribution < -0.4 is 5.32 Å². The number of esters is 1. The number of allylic oxidation sites excluding steroid dienone is 2. The van der Waals surface area contributed by atoms with Crippen molar-refractivity contribution in [2.45, 2.75) is 45.8 Å². The first-order valence-electron chi connectivity index (χ1n) is 9.03. The minimum absolute atomic E-state index is 0.0518. The molecule has 134 valence electrons. The molecule has 2 aliphatic carbocycles. The van der Waals surface area contributed by atoms with Gasteiger partial charge >= 0.3 is 5.97 Å². The molecule has 2 bridgehead atoms. The van der Waals surface area contributed by atoms with E-state index in [1.165, 1.54) is 0 Å². The summed E-state index contributed by atoms with van der Waals surface area (Å²) in [5.74, 6) is -0.776. The molecule has 1 aromatic carbocycles. The van der Waals surface area contributed by atoms with Gasteiger partial charge in [-0.05, 0) is 51.5 Å². The van der Waals surface area contributed by atoms with Gasteiger partial charge in [0.1, 0.15) is 5.60 Å². The molecule has 4 heteroatoms. The molecule has 4 nitrogen and oxygen atoms in total. The van der Waals surface area contributed by atoms with E-state index < -0.39 is 5.60 Å². The Morgan fingerprint density at radius 2 is 1.68 bits per heavy atom. The van der Waals surface area contributed by atoms with Crippen molar-refractivity contribution >= 4 is 11.9 Å². The summed E-state index contributed by atoms with van der Waals surface area (Å²) in [5.41, 5.74) is 0.518. The van der Waals surface area contributed by atoms with Crippen LogP contribution in [0.4, 0.5) is 0 Å². The number of amides is 1. The third kappa shape index (κ3) is 3.78. The number of ether oxygens (including phenoxy) is 1. The zero-order chi connectivity index (χ0) is 18.2. The normalized spacial score (nSPS) is 28.6. The van der Waals surface area contributed by atoms with E-state index in [1.54, 1.807) is 0 Å². The monoisotopic (exact) mass is 341 g/mol. The maximum absolute atomic E-state index is 12.9. The lowest BCUT2D eigenvalue weighted by molar-refractivity contribution is -0.164. The summed E-state index contributed by atoms with van der Waals surface area (Å²) in [5, 5.41) is 3.09. The third-order valence-electron chi connectivity index (χ3n) is 5.10. The summed E-state index contributed by atoms with van der Waals surface area (Å²) in [6, 6.07) is 9.78. The van der Waals surface area contributed by atoms with E-state index in [9.17, 15) is 9.59 Å². The molecule has 0 aliphatic heterocycles. The van der Waals surface area contributed by atoms with Gasteiger partial charge < -0.3 is 10.1 Å². The van der Waals surface area contributed by atoms with Gasteiger partial charge in [-0.3, -0.25) is 9.59 Å². The minimum atomic E-state index is -0.541. The molecule has 0 unspecified atom stereocenters. The first kappa shape index (κ1) is 17.7. The zero-order valence-electron chi connectivity index (χ0n) is 15.4. The van der Waals surface area contributed by atoms with Crippen LogP contribution in [-0.2, 0) is 14.3 Å². The number of benzene rings is 1. The van der Waals surface area contributed by atoms with Crippen LogP contribution >= 0.6 is 0 Å². The summed E-state index contributed by atoms with van der Waals surface area (Å²) >= 11 is 0. The second-order valence-electron chi connectivity index (χ2n) is 8.17. The van der Waals surface area contributed by atoms with E-state index in [0.29, 0.717) is 0 Å². The van der Waals surface area contributed by atoms with Gasteiger partial charge in [-0.15, -0.1) is 0 Å². The molecule has 3 rings (SSSR count). The van der Waals surface area contributed by atoms with Crippen molar-refractivity contribution in [3.05, 3.63) is 48.0 Å². The Hall–Kier alpha value is -2.10. The lowest BCUT2D eigenvalue weighted by Crippen LogP contribution is -2.43. The number of carbonyl (C=O) groups excluding carboxylic acids is 2. The van der Waals surface area contributed by atoms with Gasteiger partial charge in [-0.2, -0.15) is 0 Å². The molecule has 1 N–H and O–H groups in total. The van der Waals surface area contributed by atoms with E-state index in [2.05, 4.69) is 17.5 Å². The Kier molecular flexibility index (Phi) is 4.72. The largest absolute Gasteiger partial charge is 0.460 e. The standard InChI is InChI=1S/C21H27NO3/c1-13(14-8-6-5-7-9-14)22-19(23)17-15-10-11-16(12-15)18(17)20(24)25-21(2,3)4/h5-11,13,15-18H,12H2,1-4H3,(H,22,23)/t13-,15-,16+,17-,18-/m0/s1. The summed E-state index contributed by atoms with van der Waals surface area (Å²) in [6.07, 6.45) is 5.02. The molecule has 1 fully saturated rings. The van der Waals surface area contributed by atoms with Crippen molar-refractivity contribution < 1.29 is 14.3 Å². The fourth-order valence-corrected chi connectivity index (χ4v) is 4.01. The number of carbonyl (C=O) groups is 2. The minimum Gasteiger partial charge on any atom is -0.460 e. The number of rotatable bonds is 4. The van der Waals surface area contributed by atoms with Gasteiger partial charge in [-0.1, -0.05) is 42.5 Å². The summed E-state index contributed by atoms with van der Waals surface area (Å²) in [6.45, 7) is 7.56. The molecule has 1 aromatic rings. The van der Waals surface area contributed by atoms with Crippen LogP contribution in [0.1, 0.15) is 45.7 Å². The molecule has 5 atom stereocenters. The van der Waals surface area contributed by atoms with E-state index in [0.717, 1.165) is 12.0 Å². The molecule has 0 saturated heterocycles. The Balaban J connectivity index is 1.74. The number of hydrogen-bond acceptors (Lipinski definition) is 3. The second kappa shape index (κ2) is 6.66.